The van der Waals surface area contributed by atoms with E-state index in [1.807, 2.05) is 0 Å². The van der Waals surface area contributed by atoms with Crippen molar-refractivity contribution in [2.45, 2.75) is 39.7 Å². The van der Waals surface area contributed by atoms with Gasteiger partial charge in [0.2, 0.25) is 0 Å². The highest BCUT2D eigenvalue weighted by Gasteiger charge is 2.43. The second-order valence-corrected chi connectivity index (χ2v) is 5.00. The summed E-state index contributed by atoms with van der Waals surface area (Å²) in [5.74, 6) is -0.205. The van der Waals surface area contributed by atoms with Gasteiger partial charge in [0.25, 0.3) is 5.91 Å². The van der Waals surface area contributed by atoms with Gasteiger partial charge < -0.3 is 9.80 Å². The number of quaternary nitrogens is 1. The zero-order valence-corrected chi connectivity index (χ0v) is 11.3. The molecule has 0 aromatic rings. The molecule has 1 saturated heterocycles. The van der Waals surface area contributed by atoms with Crippen molar-refractivity contribution in [1.82, 2.24) is 10.6 Å². The molecule has 1 fully saturated rings. The zero-order chi connectivity index (χ0) is 13.1. The van der Waals surface area contributed by atoms with Gasteiger partial charge in [0, 0.05) is 6.42 Å². The number of rotatable bonds is 6. The summed E-state index contributed by atoms with van der Waals surface area (Å²) in [6, 6.07) is -0.375. The van der Waals surface area contributed by atoms with Gasteiger partial charge in [-0.25, -0.2) is 4.79 Å². The van der Waals surface area contributed by atoms with Crippen molar-refractivity contribution >= 4 is 11.9 Å². The lowest BCUT2D eigenvalue weighted by Crippen LogP contribution is -2.53. The van der Waals surface area contributed by atoms with Crippen molar-refractivity contribution in [2.24, 2.45) is 0 Å². The maximum atomic E-state index is 11.7. The number of nitrogens with zero attached hydrogens (tertiary/aromatic N) is 1. The molecule has 0 radical (unpaired) electrons. The first-order valence-corrected chi connectivity index (χ1v) is 6.40. The number of carbonyl (C=O) groups is 2. The number of urea groups is 1. The first-order chi connectivity index (χ1) is 7.91. The smallest absolute Gasteiger partial charge is 0.322 e. The van der Waals surface area contributed by atoms with Gasteiger partial charge in [-0.2, -0.15) is 0 Å². The van der Waals surface area contributed by atoms with E-state index in [-0.39, 0.29) is 11.9 Å². The topological polar surface area (TPSA) is 58.2 Å². The highest BCUT2D eigenvalue weighted by atomic mass is 16.2. The Morgan fingerprint density at radius 1 is 1.12 bits per heavy atom. The lowest BCUT2D eigenvalue weighted by atomic mass is 9.97. The average Bonchev–Trinajstić information content (AvgIpc) is 2.56. The Bertz CT molecular complexity index is 305. The van der Waals surface area contributed by atoms with Gasteiger partial charge in [-0.05, 0) is 27.7 Å². The lowest BCUT2D eigenvalue weighted by molar-refractivity contribution is -0.923. The van der Waals surface area contributed by atoms with Crippen LogP contribution in [-0.2, 0) is 4.79 Å². The van der Waals surface area contributed by atoms with E-state index in [1.54, 1.807) is 6.92 Å². The number of nitrogens with one attached hydrogen (secondary N) is 2. The molecule has 2 N–H and O–H groups in total. The Kier molecular flexibility index (Phi) is 4.14. The van der Waals surface area contributed by atoms with Crippen LogP contribution in [0, 0.1) is 0 Å². The van der Waals surface area contributed by atoms with Gasteiger partial charge in [-0.3, -0.25) is 10.1 Å². The average molecular weight is 242 g/mol. The normalized spacial score (nSPS) is 24.7. The fourth-order valence-corrected chi connectivity index (χ4v) is 2.36. The van der Waals surface area contributed by atoms with E-state index >= 15 is 0 Å². The predicted molar refractivity (Wildman–Crippen MR) is 66.4 cm³/mol. The third-order valence-corrected chi connectivity index (χ3v) is 4.22. The molecule has 3 amide bonds. The largest absolute Gasteiger partial charge is 0.324 e. The molecule has 0 aromatic heterocycles. The van der Waals surface area contributed by atoms with E-state index in [2.05, 4.69) is 31.4 Å². The quantitative estimate of drug-likeness (QED) is 0.536. The number of hydrogen-bond acceptors (Lipinski definition) is 2. The number of imide groups is 1. The Hall–Kier alpha value is -1.10. The Labute approximate surface area is 103 Å². The van der Waals surface area contributed by atoms with E-state index in [9.17, 15) is 9.59 Å². The molecule has 98 valence electrons. The maximum Gasteiger partial charge on any atom is 0.322 e. The number of carbonyl (C=O) groups excluding carboxylic acids is 2. The predicted octanol–water partition coefficient (Wildman–Crippen LogP) is 0.851. The van der Waals surface area contributed by atoms with Crippen LogP contribution in [0.4, 0.5) is 4.79 Å². The van der Waals surface area contributed by atoms with Crippen LogP contribution in [0.15, 0.2) is 0 Å². The van der Waals surface area contributed by atoms with Crippen LogP contribution in [0.3, 0.4) is 0 Å². The summed E-state index contributed by atoms with van der Waals surface area (Å²) in [6.45, 7) is 12.4. The molecular weight excluding hydrogens is 218 g/mol. The monoisotopic (exact) mass is 242 g/mol. The van der Waals surface area contributed by atoms with Crippen molar-refractivity contribution in [3.63, 3.8) is 0 Å². The van der Waals surface area contributed by atoms with Crippen LogP contribution in [0.5, 0.6) is 0 Å². The SMILES string of the molecule is CC[N+](CC)(CC)CCC1(C)NC(=O)NC1=O. The lowest BCUT2D eigenvalue weighted by Gasteiger charge is -2.37. The van der Waals surface area contributed by atoms with Crippen LogP contribution in [0.25, 0.3) is 0 Å². The third kappa shape index (κ3) is 2.77. The molecule has 1 aliphatic heterocycles. The van der Waals surface area contributed by atoms with Crippen molar-refractivity contribution in [3.8, 4) is 0 Å². The minimum Gasteiger partial charge on any atom is -0.324 e. The summed E-state index contributed by atoms with van der Waals surface area (Å²) in [5.41, 5.74) is -0.736. The molecular formula is C12H24N3O2+. The van der Waals surface area contributed by atoms with E-state index in [4.69, 9.17) is 0 Å². The molecule has 0 bridgehead atoms. The maximum absolute atomic E-state index is 11.7. The van der Waals surface area contributed by atoms with Crippen molar-refractivity contribution in [1.29, 1.82) is 0 Å². The molecule has 0 saturated carbocycles. The molecule has 5 nitrogen and oxygen atoms in total. The standard InChI is InChI=1S/C12H23N3O2/c1-5-15(6-2,7-3)9-8-12(4)10(16)13-11(17)14-12/h5-9H2,1-4H3,(H-,13,14,16,17)/p+1. The molecule has 1 unspecified atom stereocenters. The summed E-state index contributed by atoms with van der Waals surface area (Å²) >= 11 is 0. The molecule has 0 spiro atoms. The van der Waals surface area contributed by atoms with Crippen molar-refractivity contribution < 1.29 is 14.1 Å². The van der Waals surface area contributed by atoms with Gasteiger partial charge in [-0.1, -0.05) is 0 Å². The summed E-state index contributed by atoms with van der Waals surface area (Å²) < 4.78 is 0.985. The number of hydrogen-bond donors (Lipinski definition) is 2. The molecule has 0 aromatic carbocycles. The Balaban J connectivity index is 2.66. The molecule has 1 atom stereocenters. The third-order valence-electron chi connectivity index (χ3n) is 4.22. The summed E-state index contributed by atoms with van der Waals surface area (Å²) in [4.78, 5) is 22.8. The molecule has 1 aliphatic rings. The summed E-state index contributed by atoms with van der Waals surface area (Å²) in [6.07, 6.45) is 0.681. The van der Waals surface area contributed by atoms with E-state index in [0.29, 0.717) is 6.42 Å². The van der Waals surface area contributed by atoms with Crippen molar-refractivity contribution in [3.05, 3.63) is 0 Å². The van der Waals surface area contributed by atoms with E-state index < -0.39 is 5.54 Å². The summed E-state index contributed by atoms with van der Waals surface area (Å²) in [7, 11) is 0. The minimum atomic E-state index is -0.736. The van der Waals surface area contributed by atoms with E-state index in [1.165, 1.54) is 0 Å². The molecule has 0 aliphatic carbocycles. The zero-order valence-electron chi connectivity index (χ0n) is 11.3. The van der Waals surface area contributed by atoms with Crippen LogP contribution in [0.2, 0.25) is 0 Å². The van der Waals surface area contributed by atoms with Gasteiger partial charge in [0.15, 0.2) is 0 Å². The highest BCUT2D eigenvalue weighted by molar-refractivity contribution is 6.06. The van der Waals surface area contributed by atoms with Gasteiger partial charge in [0.05, 0.1) is 26.2 Å². The second kappa shape index (κ2) is 5.04. The van der Waals surface area contributed by atoms with Crippen molar-refractivity contribution in [2.75, 3.05) is 26.2 Å². The highest BCUT2D eigenvalue weighted by Crippen LogP contribution is 2.18. The Morgan fingerprint density at radius 3 is 2.00 bits per heavy atom. The molecule has 5 heteroatoms. The first-order valence-electron chi connectivity index (χ1n) is 6.40. The fourth-order valence-electron chi connectivity index (χ4n) is 2.36. The summed E-state index contributed by atoms with van der Waals surface area (Å²) in [5, 5.41) is 5.02. The van der Waals surface area contributed by atoms with Crippen LogP contribution in [0.1, 0.15) is 34.1 Å². The number of amides is 3. The fraction of sp³-hybridized carbons (Fsp3) is 0.833. The molecule has 1 rings (SSSR count). The van der Waals surface area contributed by atoms with Gasteiger partial charge in [-0.15, -0.1) is 0 Å². The first kappa shape index (κ1) is 14.0. The van der Waals surface area contributed by atoms with Crippen LogP contribution < -0.4 is 10.6 Å². The van der Waals surface area contributed by atoms with Crippen LogP contribution >= 0.6 is 0 Å². The minimum absolute atomic E-state index is 0.205. The van der Waals surface area contributed by atoms with Gasteiger partial charge >= 0.3 is 6.03 Å². The molecule has 1 heterocycles. The van der Waals surface area contributed by atoms with Gasteiger partial charge in [0.1, 0.15) is 5.54 Å². The van der Waals surface area contributed by atoms with Crippen LogP contribution in [-0.4, -0.2) is 48.1 Å². The van der Waals surface area contributed by atoms with E-state index in [0.717, 1.165) is 30.7 Å². The second-order valence-electron chi connectivity index (χ2n) is 5.00. The Morgan fingerprint density at radius 2 is 1.65 bits per heavy atom. The molecule has 17 heavy (non-hydrogen) atoms.